The van der Waals surface area contributed by atoms with Gasteiger partial charge in [-0.1, -0.05) is 6.08 Å². The number of nitrogens with zero attached hydrogens (tertiary/aromatic N) is 2. The molecule has 1 heterocycles. The lowest BCUT2D eigenvalue weighted by atomic mass is 9.95. The molecule has 1 aliphatic carbocycles. The van der Waals surface area contributed by atoms with Crippen LogP contribution < -0.4 is 5.32 Å². The highest BCUT2D eigenvalue weighted by molar-refractivity contribution is 6.02. The van der Waals surface area contributed by atoms with Crippen LogP contribution in [-0.4, -0.2) is 18.7 Å². The van der Waals surface area contributed by atoms with Crippen LogP contribution in [0.2, 0.25) is 0 Å². The average Bonchev–Trinajstić information content (AvgIpc) is 2.31. The lowest BCUT2D eigenvalue weighted by molar-refractivity contribution is -0.114. The number of carbonyl (C=O) groups is 1. The molecule has 16 heavy (non-hydrogen) atoms. The Hall–Kier alpha value is -2.22. The van der Waals surface area contributed by atoms with Gasteiger partial charge in [-0.2, -0.15) is 5.26 Å². The molecule has 0 bridgehead atoms. The molecule has 0 amide bonds. The maximum atomic E-state index is 13.8. The zero-order valence-electron chi connectivity index (χ0n) is 8.33. The van der Waals surface area contributed by atoms with Crippen molar-refractivity contribution in [3.05, 3.63) is 34.8 Å². The normalized spacial score (nSPS) is 19.9. The van der Waals surface area contributed by atoms with Crippen molar-refractivity contribution in [3.8, 4) is 6.07 Å². The van der Waals surface area contributed by atoms with Gasteiger partial charge in [0.2, 0.25) is 0 Å². The standard InChI is InChI=1S/C11H8FN3O/c12-11-7(9-3-4-14-6-15-9)1-2-10(16)8(11)5-13/h1,3-4,15H,2,6H2. The zero-order valence-corrected chi connectivity index (χ0v) is 8.33. The number of rotatable bonds is 1. The number of nitriles is 1. The minimum absolute atomic E-state index is 0.0574. The number of aliphatic imine (C=N–C) groups is 1. The molecule has 0 saturated carbocycles. The van der Waals surface area contributed by atoms with E-state index in [0.29, 0.717) is 12.4 Å². The highest BCUT2D eigenvalue weighted by atomic mass is 19.1. The highest BCUT2D eigenvalue weighted by Gasteiger charge is 2.24. The van der Waals surface area contributed by atoms with Gasteiger partial charge in [0.1, 0.15) is 18.3 Å². The van der Waals surface area contributed by atoms with Gasteiger partial charge in [0.15, 0.2) is 11.6 Å². The van der Waals surface area contributed by atoms with E-state index in [2.05, 4.69) is 10.3 Å². The second-order valence-electron chi connectivity index (χ2n) is 3.29. The Balaban J connectivity index is 2.41. The van der Waals surface area contributed by atoms with Crippen molar-refractivity contribution in [3.63, 3.8) is 0 Å². The molecule has 0 aromatic heterocycles. The van der Waals surface area contributed by atoms with E-state index in [1.165, 1.54) is 6.08 Å². The smallest absolute Gasteiger partial charge is 0.180 e. The molecule has 4 nitrogen and oxygen atoms in total. The Morgan fingerprint density at radius 3 is 3.00 bits per heavy atom. The Morgan fingerprint density at radius 2 is 2.38 bits per heavy atom. The van der Waals surface area contributed by atoms with Gasteiger partial charge in [0.25, 0.3) is 0 Å². The van der Waals surface area contributed by atoms with E-state index < -0.39 is 17.2 Å². The number of hydrogen-bond donors (Lipinski definition) is 1. The van der Waals surface area contributed by atoms with Crippen molar-refractivity contribution < 1.29 is 9.18 Å². The number of ketones is 1. The highest BCUT2D eigenvalue weighted by Crippen LogP contribution is 2.28. The number of nitrogens with one attached hydrogen (secondary N) is 1. The molecular weight excluding hydrogens is 209 g/mol. The summed E-state index contributed by atoms with van der Waals surface area (Å²) in [5.41, 5.74) is 0.415. The molecule has 2 aliphatic rings. The van der Waals surface area contributed by atoms with Crippen molar-refractivity contribution >= 4 is 12.0 Å². The third-order valence-corrected chi connectivity index (χ3v) is 2.34. The summed E-state index contributed by atoms with van der Waals surface area (Å²) in [5, 5.41) is 11.6. The van der Waals surface area contributed by atoms with Gasteiger partial charge < -0.3 is 5.32 Å². The predicted molar refractivity (Wildman–Crippen MR) is 56.0 cm³/mol. The van der Waals surface area contributed by atoms with Crippen molar-refractivity contribution in [1.82, 2.24) is 5.32 Å². The predicted octanol–water partition coefficient (Wildman–Crippen LogP) is 1.15. The fraction of sp³-hybridized carbons (Fsp3) is 0.182. The van der Waals surface area contributed by atoms with Crippen LogP contribution >= 0.6 is 0 Å². The van der Waals surface area contributed by atoms with Crippen molar-refractivity contribution in [2.45, 2.75) is 6.42 Å². The van der Waals surface area contributed by atoms with E-state index in [4.69, 9.17) is 5.26 Å². The molecule has 0 saturated heterocycles. The molecule has 0 aromatic carbocycles. The number of carbonyl (C=O) groups excluding carboxylic acids is 1. The summed E-state index contributed by atoms with van der Waals surface area (Å²) < 4.78 is 13.8. The Labute approximate surface area is 91.5 Å². The summed E-state index contributed by atoms with van der Waals surface area (Å²) in [4.78, 5) is 15.1. The summed E-state index contributed by atoms with van der Waals surface area (Å²) in [5.74, 6) is -1.23. The minimum atomic E-state index is -0.757. The first kappa shape index (κ1) is 10.3. The molecule has 80 valence electrons. The number of halogens is 1. The van der Waals surface area contributed by atoms with Crippen molar-refractivity contribution in [2.75, 3.05) is 6.67 Å². The van der Waals surface area contributed by atoms with Gasteiger partial charge in [0, 0.05) is 23.9 Å². The van der Waals surface area contributed by atoms with Crippen molar-refractivity contribution in [2.24, 2.45) is 4.99 Å². The molecule has 0 spiro atoms. The van der Waals surface area contributed by atoms with E-state index in [-0.39, 0.29) is 12.0 Å². The van der Waals surface area contributed by atoms with E-state index in [1.54, 1.807) is 18.4 Å². The molecule has 5 heteroatoms. The van der Waals surface area contributed by atoms with Crippen molar-refractivity contribution in [1.29, 1.82) is 5.26 Å². The van der Waals surface area contributed by atoms with Gasteiger partial charge in [0.05, 0.1) is 0 Å². The molecule has 0 aromatic rings. The van der Waals surface area contributed by atoms with E-state index >= 15 is 0 Å². The largest absolute Gasteiger partial charge is 0.366 e. The topological polar surface area (TPSA) is 65.2 Å². The Bertz CT molecular complexity index is 506. The molecule has 0 atom stereocenters. The summed E-state index contributed by atoms with van der Waals surface area (Å²) in [6.07, 6.45) is 4.71. The first-order chi connectivity index (χ1) is 7.74. The van der Waals surface area contributed by atoms with Crippen LogP contribution in [-0.2, 0) is 4.79 Å². The molecule has 0 fully saturated rings. The second kappa shape index (κ2) is 4.11. The average molecular weight is 217 g/mol. The van der Waals surface area contributed by atoms with E-state index in [9.17, 15) is 9.18 Å². The monoisotopic (exact) mass is 217 g/mol. The SMILES string of the molecule is N#CC1=C(F)C(C2=CC=NCN2)=CCC1=O. The molecule has 1 N–H and O–H groups in total. The Morgan fingerprint density at radius 1 is 1.56 bits per heavy atom. The summed E-state index contributed by atoms with van der Waals surface area (Å²) in [6.45, 7) is 0.367. The molecular formula is C11H8FN3O. The fourth-order valence-electron chi connectivity index (χ4n) is 1.54. The first-order valence-electron chi connectivity index (χ1n) is 4.72. The number of hydrogen-bond acceptors (Lipinski definition) is 4. The summed E-state index contributed by atoms with van der Waals surface area (Å²) in [7, 11) is 0. The van der Waals surface area contributed by atoms with Gasteiger partial charge in [-0.3, -0.25) is 9.79 Å². The lowest BCUT2D eigenvalue weighted by Crippen LogP contribution is -2.21. The third-order valence-electron chi connectivity index (χ3n) is 2.34. The van der Waals surface area contributed by atoms with Gasteiger partial charge in [-0.25, -0.2) is 4.39 Å². The summed E-state index contributed by atoms with van der Waals surface area (Å²) >= 11 is 0. The fourth-order valence-corrected chi connectivity index (χ4v) is 1.54. The van der Waals surface area contributed by atoms with E-state index in [0.717, 1.165) is 0 Å². The zero-order chi connectivity index (χ0) is 11.5. The number of allylic oxidation sites excluding steroid dienone is 4. The van der Waals surface area contributed by atoms with Crippen LogP contribution in [0.3, 0.4) is 0 Å². The Kier molecular flexibility index (Phi) is 2.64. The van der Waals surface area contributed by atoms with Gasteiger partial charge in [-0.15, -0.1) is 0 Å². The second-order valence-corrected chi connectivity index (χ2v) is 3.29. The van der Waals surface area contributed by atoms with Crippen LogP contribution in [0.5, 0.6) is 0 Å². The van der Waals surface area contributed by atoms with E-state index in [1.807, 2.05) is 0 Å². The molecule has 1 aliphatic heterocycles. The van der Waals surface area contributed by atoms with Crippen LogP contribution in [0.25, 0.3) is 0 Å². The minimum Gasteiger partial charge on any atom is -0.366 e. The van der Waals surface area contributed by atoms with Gasteiger partial charge >= 0.3 is 0 Å². The number of Topliss-reactive ketones (excluding diaryl/α,β-unsaturated/α-hetero) is 1. The summed E-state index contributed by atoms with van der Waals surface area (Å²) in [6, 6.07) is 1.60. The third kappa shape index (κ3) is 1.65. The maximum Gasteiger partial charge on any atom is 0.180 e. The lowest BCUT2D eigenvalue weighted by Gasteiger charge is -2.17. The molecule has 2 rings (SSSR count). The quantitative estimate of drug-likeness (QED) is 0.716. The van der Waals surface area contributed by atoms with Crippen LogP contribution in [0, 0.1) is 11.3 Å². The van der Waals surface area contributed by atoms with Gasteiger partial charge in [-0.05, 0) is 6.08 Å². The first-order valence-corrected chi connectivity index (χ1v) is 4.72. The van der Waals surface area contributed by atoms with Crippen LogP contribution in [0.15, 0.2) is 39.8 Å². The van der Waals surface area contributed by atoms with Crippen LogP contribution in [0.4, 0.5) is 4.39 Å². The molecule has 0 unspecified atom stereocenters. The maximum absolute atomic E-state index is 13.8. The molecule has 0 radical (unpaired) electrons. The van der Waals surface area contributed by atoms with Crippen LogP contribution in [0.1, 0.15) is 6.42 Å².